The average molecular weight is 282 g/mol. The molecule has 0 saturated heterocycles. The highest BCUT2D eigenvalue weighted by atomic mass is 16.1. The molecular formula is C18H22N2O. The zero-order valence-electron chi connectivity index (χ0n) is 12.5. The quantitative estimate of drug-likeness (QED) is 0.855. The van der Waals surface area contributed by atoms with E-state index in [9.17, 15) is 4.79 Å². The Kier molecular flexibility index (Phi) is 5.12. The first kappa shape index (κ1) is 15.3. The van der Waals surface area contributed by atoms with Crippen molar-refractivity contribution >= 4 is 5.91 Å². The maximum atomic E-state index is 11.7. The number of hydrogen-bond donors (Lipinski definition) is 2. The Labute approximate surface area is 126 Å². The van der Waals surface area contributed by atoms with Crippen LogP contribution in [0, 0.1) is 0 Å². The van der Waals surface area contributed by atoms with Gasteiger partial charge in [0.05, 0.1) is 0 Å². The molecule has 0 unspecified atom stereocenters. The Morgan fingerprint density at radius 3 is 2.19 bits per heavy atom. The lowest BCUT2D eigenvalue weighted by Gasteiger charge is -2.22. The summed E-state index contributed by atoms with van der Waals surface area (Å²) in [5.41, 5.74) is 8.88. The van der Waals surface area contributed by atoms with E-state index in [1.54, 1.807) is 0 Å². The van der Waals surface area contributed by atoms with Gasteiger partial charge in [-0.2, -0.15) is 0 Å². The van der Waals surface area contributed by atoms with Gasteiger partial charge in [-0.3, -0.25) is 10.1 Å². The van der Waals surface area contributed by atoms with Crippen LogP contribution in [0.15, 0.2) is 54.6 Å². The summed E-state index contributed by atoms with van der Waals surface area (Å²) >= 11 is 0. The summed E-state index contributed by atoms with van der Waals surface area (Å²) in [5, 5.41) is 3.31. The van der Waals surface area contributed by atoms with Crippen LogP contribution in [0.2, 0.25) is 0 Å². The van der Waals surface area contributed by atoms with E-state index in [1.165, 1.54) is 5.56 Å². The number of benzene rings is 2. The third-order valence-electron chi connectivity index (χ3n) is 3.72. The Morgan fingerprint density at radius 2 is 1.67 bits per heavy atom. The normalized spacial score (nSPS) is 13.6. The number of aryl methyl sites for hydroxylation is 1. The molecule has 3 nitrogen and oxygen atoms in total. The number of nitrogens with two attached hydrogens (primary N) is 1. The number of hydrogen-bond acceptors (Lipinski definition) is 2. The second-order valence-electron chi connectivity index (χ2n) is 5.23. The Morgan fingerprint density at radius 1 is 1.05 bits per heavy atom. The van der Waals surface area contributed by atoms with Crippen LogP contribution in [0.1, 0.15) is 42.6 Å². The molecule has 0 bridgehead atoms. The molecule has 0 fully saturated rings. The molecule has 0 aliphatic rings. The second-order valence-corrected chi connectivity index (χ2v) is 5.23. The molecule has 2 atom stereocenters. The second kappa shape index (κ2) is 7.04. The summed E-state index contributed by atoms with van der Waals surface area (Å²) in [7, 11) is 0. The molecule has 1 amide bonds. The predicted octanol–water partition coefficient (Wildman–Crippen LogP) is 3.13. The summed E-state index contributed by atoms with van der Waals surface area (Å²) in [6, 6.07) is 17.6. The highest BCUT2D eigenvalue weighted by molar-refractivity contribution is 5.81. The zero-order valence-corrected chi connectivity index (χ0v) is 12.5. The highest BCUT2D eigenvalue weighted by Gasteiger charge is 2.20. The van der Waals surface area contributed by atoms with E-state index >= 15 is 0 Å². The average Bonchev–Trinajstić information content (AvgIpc) is 2.53. The standard InChI is InChI=1S/C18H22N2O/c1-3-14-9-11-15(12-10-14)13(2)20-17(18(19)21)16-7-5-4-6-8-16/h4-13,17,20H,3H2,1-2H3,(H2,19,21)/t13-,17+/m0/s1. The third kappa shape index (κ3) is 3.92. The Balaban J connectivity index is 2.14. The van der Waals surface area contributed by atoms with Gasteiger partial charge in [-0.05, 0) is 30.0 Å². The summed E-state index contributed by atoms with van der Waals surface area (Å²) in [6.07, 6.45) is 1.02. The first-order chi connectivity index (χ1) is 10.1. The van der Waals surface area contributed by atoms with Crippen LogP contribution in [-0.2, 0) is 11.2 Å². The van der Waals surface area contributed by atoms with Crippen LogP contribution in [0.25, 0.3) is 0 Å². The molecule has 2 aromatic carbocycles. The monoisotopic (exact) mass is 282 g/mol. The number of carbonyl (C=O) groups is 1. The largest absolute Gasteiger partial charge is 0.368 e. The van der Waals surface area contributed by atoms with Crippen molar-refractivity contribution in [2.24, 2.45) is 5.73 Å². The van der Waals surface area contributed by atoms with Gasteiger partial charge in [0.25, 0.3) is 0 Å². The summed E-state index contributed by atoms with van der Waals surface area (Å²) in [6.45, 7) is 4.18. The van der Waals surface area contributed by atoms with Crippen LogP contribution in [0.4, 0.5) is 0 Å². The van der Waals surface area contributed by atoms with E-state index < -0.39 is 6.04 Å². The molecule has 2 rings (SSSR count). The fourth-order valence-corrected chi connectivity index (χ4v) is 2.38. The van der Waals surface area contributed by atoms with Gasteiger partial charge in [-0.15, -0.1) is 0 Å². The van der Waals surface area contributed by atoms with Gasteiger partial charge < -0.3 is 5.73 Å². The maximum Gasteiger partial charge on any atom is 0.239 e. The van der Waals surface area contributed by atoms with Gasteiger partial charge in [0.15, 0.2) is 0 Å². The minimum Gasteiger partial charge on any atom is -0.368 e. The molecule has 2 aromatic rings. The molecule has 21 heavy (non-hydrogen) atoms. The smallest absolute Gasteiger partial charge is 0.239 e. The number of nitrogens with one attached hydrogen (secondary N) is 1. The molecule has 0 spiro atoms. The Bertz CT molecular complexity index is 578. The molecule has 0 aliphatic heterocycles. The molecule has 0 radical (unpaired) electrons. The molecule has 0 aliphatic carbocycles. The van der Waals surface area contributed by atoms with E-state index in [4.69, 9.17) is 5.73 Å². The molecule has 0 saturated carbocycles. The van der Waals surface area contributed by atoms with Crippen molar-refractivity contribution < 1.29 is 4.79 Å². The van der Waals surface area contributed by atoms with Crippen molar-refractivity contribution in [3.63, 3.8) is 0 Å². The van der Waals surface area contributed by atoms with Crippen LogP contribution in [0.5, 0.6) is 0 Å². The zero-order chi connectivity index (χ0) is 15.2. The first-order valence-corrected chi connectivity index (χ1v) is 7.31. The summed E-state index contributed by atoms with van der Waals surface area (Å²) < 4.78 is 0. The molecule has 110 valence electrons. The predicted molar refractivity (Wildman–Crippen MR) is 85.7 cm³/mol. The molecule has 3 heteroatoms. The number of primary amides is 1. The van der Waals surface area contributed by atoms with E-state index in [0.717, 1.165) is 17.5 Å². The molecule has 3 N–H and O–H groups in total. The fraction of sp³-hybridized carbons (Fsp3) is 0.278. The topological polar surface area (TPSA) is 55.1 Å². The van der Waals surface area contributed by atoms with Gasteiger partial charge >= 0.3 is 0 Å². The van der Waals surface area contributed by atoms with Crippen molar-refractivity contribution in [1.82, 2.24) is 5.32 Å². The molecule has 0 heterocycles. The molecule has 0 aromatic heterocycles. The van der Waals surface area contributed by atoms with Gasteiger partial charge in [-0.25, -0.2) is 0 Å². The van der Waals surface area contributed by atoms with E-state index in [-0.39, 0.29) is 11.9 Å². The maximum absolute atomic E-state index is 11.7. The number of rotatable bonds is 6. The van der Waals surface area contributed by atoms with Crippen LogP contribution < -0.4 is 11.1 Å². The Hall–Kier alpha value is -2.13. The molecular weight excluding hydrogens is 260 g/mol. The minimum atomic E-state index is -0.480. The lowest BCUT2D eigenvalue weighted by molar-refractivity contribution is -0.120. The van der Waals surface area contributed by atoms with Crippen LogP contribution in [0.3, 0.4) is 0 Å². The highest BCUT2D eigenvalue weighted by Crippen LogP contribution is 2.20. The lowest BCUT2D eigenvalue weighted by Crippen LogP contribution is -2.35. The van der Waals surface area contributed by atoms with Gasteiger partial charge in [0, 0.05) is 6.04 Å². The van der Waals surface area contributed by atoms with Crippen molar-refractivity contribution in [3.8, 4) is 0 Å². The summed E-state index contributed by atoms with van der Waals surface area (Å²) in [4.78, 5) is 11.7. The summed E-state index contributed by atoms with van der Waals surface area (Å²) in [5.74, 6) is -0.363. The van der Waals surface area contributed by atoms with E-state index in [1.807, 2.05) is 37.3 Å². The number of carbonyl (C=O) groups excluding carboxylic acids is 1. The third-order valence-corrected chi connectivity index (χ3v) is 3.72. The van der Waals surface area contributed by atoms with Crippen LogP contribution in [-0.4, -0.2) is 5.91 Å². The van der Waals surface area contributed by atoms with E-state index in [2.05, 4.69) is 36.5 Å². The van der Waals surface area contributed by atoms with Crippen molar-refractivity contribution in [2.45, 2.75) is 32.4 Å². The first-order valence-electron chi connectivity index (χ1n) is 7.31. The van der Waals surface area contributed by atoms with Crippen molar-refractivity contribution in [3.05, 3.63) is 71.3 Å². The van der Waals surface area contributed by atoms with Crippen molar-refractivity contribution in [1.29, 1.82) is 0 Å². The van der Waals surface area contributed by atoms with Crippen molar-refractivity contribution in [2.75, 3.05) is 0 Å². The minimum absolute atomic E-state index is 0.0496. The fourth-order valence-electron chi connectivity index (χ4n) is 2.38. The lowest BCUT2D eigenvalue weighted by atomic mass is 10.0. The SMILES string of the molecule is CCc1ccc([C@H](C)N[C@@H](C(N)=O)c2ccccc2)cc1. The van der Waals surface area contributed by atoms with Gasteiger partial charge in [0.1, 0.15) is 6.04 Å². The number of amides is 1. The van der Waals surface area contributed by atoms with Gasteiger partial charge in [0.2, 0.25) is 5.91 Å². The van der Waals surface area contributed by atoms with E-state index in [0.29, 0.717) is 0 Å². The van der Waals surface area contributed by atoms with Gasteiger partial charge in [-0.1, -0.05) is 61.5 Å². The van der Waals surface area contributed by atoms with Crippen LogP contribution >= 0.6 is 0 Å².